The maximum absolute atomic E-state index is 12.2. The molecule has 1 rings (SSSR count). The first-order valence-corrected chi connectivity index (χ1v) is 7.40. The van der Waals surface area contributed by atoms with Crippen molar-refractivity contribution in [1.82, 2.24) is 0 Å². The molecule has 1 unspecified atom stereocenters. The van der Waals surface area contributed by atoms with Crippen LogP contribution in [0.2, 0.25) is 0 Å². The van der Waals surface area contributed by atoms with E-state index in [4.69, 9.17) is 4.74 Å². The van der Waals surface area contributed by atoms with Crippen molar-refractivity contribution < 1.29 is 14.3 Å². The molecule has 1 fully saturated rings. The molecule has 0 spiro atoms. The Morgan fingerprint density at radius 3 is 2.22 bits per heavy atom. The lowest BCUT2D eigenvalue weighted by Crippen LogP contribution is -2.33. The van der Waals surface area contributed by atoms with Crippen LogP contribution in [0.4, 0.5) is 0 Å². The molecule has 18 heavy (non-hydrogen) atoms. The van der Waals surface area contributed by atoms with E-state index in [-0.39, 0.29) is 17.7 Å². The standard InChI is InChI=1S/C15H26O3/c1-3-9-13(16)14(15(17)18-4-2)12-10-7-5-6-8-11-12/h12,14H,3-11H2,1-2H3. The van der Waals surface area contributed by atoms with Gasteiger partial charge in [-0.2, -0.15) is 0 Å². The molecular weight excluding hydrogens is 228 g/mol. The van der Waals surface area contributed by atoms with Gasteiger partial charge < -0.3 is 4.74 Å². The number of carbonyl (C=O) groups excluding carboxylic acids is 2. The number of hydrogen-bond donors (Lipinski definition) is 0. The molecule has 1 aliphatic carbocycles. The number of carbonyl (C=O) groups is 2. The van der Waals surface area contributed by atoms with E-state index in [1.54, 1.807) is 6.92 Å². The lowest BCUT2D eigenvalue weighted by Gasteiger charge is -2.23. The maximum atomic E-state index is 12.2. The number of esters is 1. The summed E-state index contributed by atoms with van der Waals surface area (Å²) in [5.41, 5.74) is 0. The lowest BCUT2D eigenvalue weighted by atomic mass is 9.82. The number of rotatable bonds is 6. The van der Waals surface area contributed by atoms with Crippen LogP contribution >= 0.6 is 0 Å². The Labute approximate surface area is 110 Å². The average Bonchev–Trinajstić information content (AvgIpc) is 2.59. The normalized spacial score (nSPS) is 19.0. The van der Waals surface area contributed by atoms with Crippen molar-refractivity contribution in [2.45, 2.75) is 65.2 Å². The summed E-state index contributed by atoms with van der Waals surface area (Å²) in [6.45, 7) is 4.14. The lowest BCUT2D eigenvalue weighted by molar-refractivity contribution is -0.154. The molecule has 0 aromatic heterocycles. The van der Waals surface area contributed by atoms with Crippen molar-refractivity contribution in [3.63, 3.8) is 0 Å². The van der Waals surface area contributed by atoms with Crippen LogP contribution in [0.3, 0.4) is 0 Å². The Kier molecular flexibility index (Phi) is 6.99. The van der Waals surface area contributed by atoms with E-state index >= 15 is 0 Å². The second-order valence-electron chi connectivity index (χ2n) is 5.20. The van der Waals surface area contributed by atoms with E-state index in [1.165, 1.54) is 12.8 Å². The highest BCUT2D eigenvalue weighted by atomic mass is 16.5. The highest BCUT2D eigenvalue weighted by molar-refractivity contribution is 5.99. The van der Waals surface area contributed by atoms with Gasteiger partial charge >= 0.3 is 5.97 Å². The van der Waals surface area contributed by atoms with Gasteiger partial charge in [-0.1, -0.05) is 32.6 Å². The second-order valence-corrected chi connectivity index (χ2v) is 5.20. The number of hydrogen-bond acceptors (Lipinski definition) is 3. The van der Waals surface area contributed by atoms with Crippen molar-refractivity contribution in [3.05, 3.63) is 0 Å². The minimum atomic E-state index is -0.497. The third kappa shape index (κ3) is 4.43. The largest absolute Gasteiger partial charge is 0.465 e. The van der Waals surface area contributed by atoms with Crippen LogP contribution in [0.5, 0.6) is 0 Å². The van der Waals surface area contributed by atoms with Gasteiger partial charge in [0.15, 0.2) is 0 Å². The van der Waals surface area contributed by atoms with Crippen LogP contribution in [0.25, 0.3) is 0 Å². The van der Waals surface area contributed by atoms with Crippen LogP contribution in [0, 0.1) is 11.8 Å². The molecule has 3 nitrogen and oxygen atoms in total. The SMILES string of the molecule is CCCC(=O)C(C(=O)OCC)C1CCCCCC1. The van der Waals surface area contributed by atoms with E-state index < -0.39 is 5.92 Å². The molecule has 1 aliphatic rings. The summed E-state index contributed by atoms with van der Waals surface area (Å²) in [7, 11) is 0. The first-order chi connectivity index (χ1) is 8.70. The second kappa shape index (κ2) is 8.28. The maximum Gasteiger partial charge on any atom is 0.316 e. The van der Waals surface area contributed by atoms with Crippen molar-refractivity contribution >= 4 is 11.8 Å². The van der Waals surface area contributed by atoms with Gasteiger partial charge in [0.2, 0.25) is 0 Å². The topological polar surface area (TPSA) is 43.4 Å². The molecule has 0 aliphatic heterocycles. The fourth-order valence-electron chi connectivity index (χ4n) is 2.87. The zero-order valence-corrected chi connectivity index (χ0v) is 11.7. The Morgan fingerprint density at radius 2 is 1.72 bits per heavy atom. The van der Waals surface area contributed by atoms with Crippen molar-refractivity contribution in [2.75, 3.05) is 6.61 Å². The minimum absolute atomic E-state index is 0.0860. The Morgan fingerprint density at radius 1 is 1.11 bits per heavy atom. The van der Waals surface area contributed by atoms with Gasteiger partial charge in [-0.15, -0.1) is 0 Å². The van der Waals surface area contributed by atoms with Gasteiger partial charge in [-0.05, 0) is 32.1 Å². The fourth-order valence-corrected chi connectivity index (χ4v) is 2.87. The molecule has 3 heteroatoms. The highest BCUT2D eigenvalue weighted by Crippen LogP contribution is 2.31. The van der Waals surface area contributed by atoms with Crippen LogP contribution in [0.1, 0.15) is 65.2 Å². The molecule has 1 saturated carbocycles. The number of Topliss-reactive ketones (excluding diaryl/α,β-unsaturated/α-hetero) is 1. The molecule has 0 radical (unpaired) electrons. The summed E-state index contributed by atoms with van der Waals surface area (Å²) in [4.78, 5) is 24.2. The van der Waals surface area contributed by atoms with Crippen LogP contribution in [-0.2, 0) is 14.3 Å². The summed E-state index contributed by atoms with van der Waals surface area (Å²) < 4.78 is 5.11. The predicted octanol–water partition coefficient (Wildman–Crippen LogP) is 3.51. The van der Waals surface area contributed by atoms with E-state index in [0.717, 1.165) is 32.1 Å². The van der Waals surface area contributed by atoms with Gasteiger partial charge in [-0.3, -0.25) is 9.59 Å². The predicted molar refractivity (Wildman–Crippen MR) is 71.2 cm³/mol. The zero-order chi connectivity index (χ0) is 13.4. The van der Waals surface area contributed by atoms with E-state index in [9.17, 15) is 9.59 Å². The molecular formula is C15H26O3. The summed E-state index contributed by atoms with van der Waals surface area (Å²) in [6.07, 6.45) is 8.04. The molecule has 0 amide bonds. The molecule has 0 aromatic carbocycles. The van der Waals surface area contributed by atoms with Crippen LogP contribution < -0.4 is 0 Å². The molecule has 104 valence electrons. The van der Waals surface area contributed by atoms with Gasteiger partial charge in [0.05, 0.1) is 6.61 Å². The monoisotopic (exact) mass is 254 g/mol. The van der Waals surface area contributed by atoms with Crippen LogP contribution in [-0.4, -0.2) is 18.4 Å². The molecule has 0 heterocycles. The molecule has 0 saturated heterocycles. The van der Waals surface area contributed by atoms with E-state index in [2.05, 4.69) is 0 Å². The van der Waals surface area contributed by atoms with Gasteiger partial charge in [-0.25, -0.2) is 0 Å². The highest BCUT2D eigenvalue weighted by Gasteiger charge is 2.35. The van der Waals surface area contributed by atoms with Gasteiger partial charge in [0, 0.05) is 6.42 Å². The van der Waals surface area contributed by atoms with Crippen molar-refractivity contribution in [2.24, 2.45) is 11.8 Å². The van der Waals surface area contributed by atoms with Crippen molar-refractivity contribution in [3.8, 4) is 0 Å². The van der Waals surface area contributed by atoms with Crippen molar-refractivity contribution in [1.29, 1.82) is 0 Å². The Hall–Kier alpha value is -0.860. The van der Waals surface area contributed by atoms with E-state index in [1.807, 2.05) is 6.92 Å². The first kappa shape index (κ1) is 15.2. The zero-order valence-electron chi connectivity index (χ0n) is 11.7. The average molecular weight is 254 g/mol. The molecule has 0 bridgehead atoms. The smallest absolute Gasteiger partial charge is 0.316 e. The quantitative estimate of drug-likeness (QED) is 0.414. The summed E-state index contributed by atoms with van der Waals surface area (Å²) in [5.74, 6) is -0.487. The third-order valence-electron chi connectivity index (χ3n) is 3.76. The molecule has 0 aromatic rings. The fraction of sp³-hybridized carbons (Fsp3) is 0.867. The molecule has 1 atom stereocenters. The van der Waals surface area contributed by atoms with Gasteiger partial charge in [0.1, 0.15) is 11.7 Å². The Balaban J connectivity index is 2.73. The summed E-state index contributed by atoms with van der Waals surface area (Å²) >= 11 is 0. The number of ketones is 1. The minimum Gasteiger partial charge on any atom is -0.465 e. The molecule has 0 N–H and O–H groups in total. The Bertz CT molecular complexity index is 247. The third-order valence-corrected chi connectivity index (χ3v) is 3.76. The summed E-state index contributed by atoms with van der Waals surface area (Å²) in [5, 5.41) is 0. The first-order valence-electron chi connectivity index (χ1n) is 7.40. The summed E-state index contributed by atoms with van der Waals surface area (Å²) in [6, 6.07) is 0. The van der Waals surface area contributed by atoms with Crippen LogP contribution in [0.15, 0.2) is 0 Å². The van der Waals surface area contributed by atoms with Gasteiger partial charge in [0.25, 0.3) is 0 Å². The number of ether oxygens (including phenoxy) is 1. The van der Waals surface area contributed by atoms with E-state index in [0.29, 0.717) is 13.0 Å².